The number of carbonyl (C=O) groups is 6. The first kappa shape index (κ1) is 48.6. The van der Waals surface area contributed by atoms with Gasteiger partial charge < -0.3 is 33.2 Å². The molecule has 66 heavy (non-hydrogen) atoms. The van der Waals surface area contributed by atoms with Crippen molar-refractivity contribution in [3.8, 4) is 0 Å². The fraction of sp³-hybridized carbons (Fsp3) is 0.750. The van der Waals surface area contributed by atoms with Crippen molar-refractivity contribution in [2.24, 2.45) is 103 Å². The van der Waals surface area contributed by atoms with Gasteiger partial charge in [0.1, 0.15) is 11.6 Å². The third kappa shape index (κ3) is 8.01. The summed E-state index contributed by atoms with van der Waals surface area (Å²) in [5.41, 5.74) is 25.2. The molecule has 13 nitrogen and oxygen atoms in total. The van der Waals surface area contributed by atoms with Gasteiger partial charge >= 0.3 is 5.97 Å². The van der Waals surface area contributed by atoms with Crippen LogP contribution >= 0.6 is 12.4 Å². The SMILES string of the molecule is Cl.NC(=O)C1=CCCC2(C1)/C(=N\O)[C@@H]1CC[C@H]2C1.NC(=O)C1=CCCC2(C1)C(=O)[C@@H]1CC[C@H]2C1.NC(=O)C1CCCC2(C1)[C@H]1CC[C@H](C1)[C@H]2N.O=C(O)C1=CCCC2(C1)C(=O)[C@@H]1CC[C@H]2C1. The summed E-state index contributed by atoms with van der Waals surface area (Å²) in [6.07, 6.45) is 31.0. The number of nitrogens with zero attached hydrogens (tertiary/aromatic N) is 1. The molecule has 12 aliphatic rings. The minimum atomic E-state index is -0.838. The maximum Gasteiger partial charge on any atom is 0.331 e. The molecule has 5 unspecified atom stereocenters. The predicted molar refractivity (Wildman–Crippen MR) is 250 cm³/mol. The molecule has 0 aromatic carbocycles. The van der Waals surface area contributed by atoms with Gasteiger partial charge in [0.05, 0.1) is 5.71 Å². The highest BCUT2D eigenvalue weighted by atomic mass is 35.5. The Labute approximate surface area is 395 Å². The van der Waals surface area contributed by atoms with Crippen LogP contribution in [0, 0.1) is 74.9 Å². The van der Waals surface area contributed by atoms with Gasteiger partial charge in [0.15, 0.2) is 0 Å². The van der Waals surface area contributed by atoms with Gasteiger partial charge in [-0.2, -0.15) is 0 Å². The molecule has 0 saturated heterocycles. The lowest BCUT2D eigenvalue weighted by Crippen LogP contribution is -2.50. The minimum Gasteiger partial charge on any atom is -0.478 e. The van der Waals surface area contributed by atoms with Crippen molar-refractivity contribution in [1.82, 2.24) is 0 Å². The van der Waals surface area contributed by atoms with Crippen LogP contribution in [0.1, 0.15) is 161 Å². The number of hydrogen-bond acceptors (Lipinski definition) is 9. The Morgan fingerprint density at radius 3 is 1.53 bits per heavy atom. The van der Waals surface area contributed by atoms with E-state index in [-0.39, 0.29) is 69.5 Å². The Kier molecular flexibility index (Phi) is 13.7. The molecule has 0 aliphatic heterocycles. The molecule has 0 aromatic rings. The van der Waals surface area contributed by atoms with Gasteiger partial charge in [-0.25, -0.2) is 4.79 Å². The molecule has 12 rings (SSSR count). The first-order chi connectivity index (χ1) is 31.1. The van der Waals surface area contributed by atoms with E-state index in [9.17, 15) is 34.0 Å². The Morgan fingerprint density at radius 2 is 1.06 bits per heavy atom. The average Bonchev–Trinajstić information content (AvgIpc) is 4.19. The molecule has 3 amide bonds. The zero-order valence-electron chi connectivity index (χ0n) is 38.7. The number of primary amides is 3. The summed E-state index contributed by atoms with van der Waals surface area (Å²) >= 11 is 0. The summed E-state index contributed by atoms with van der Waals surface area (Å²) in [5, 5.41) is 21.9. The lowest BCUT2D eigenvalue weighted by atomic mass is 9.59. The normalized spacial score (nSPS) is 43.3. The molecule has 9 fully saturated rings. The highest BCUT2D eigenvalue weighted by Gasteiger charge is 2.61. The smallest absolute Gasteiger partial charge is 0.331 e. The van der Waals surface area contributed by atoms with Gasteiger partial charge in [-0.1, -0.05) is 29.8 Å². The second kappa shape index (κ2) is 18.6. The summed E-state index contributed by atoms with van der Waals surface area (Å²) in [7, 11) is 0. The van der Waals surface area contributed by atoms with E-state index in [0.29, 0.717) is 71.7 Å². The monoisotopic (exact) mass is 932 g/mol. The number of nitrogens with two attached hydrogens (primary N) is 4. The number of Topliss-reactive ketones (excluding diaryl/α,β-unsaturated/α-hetero) is 2. The van der Waals surface area contributed by atoms with Crippen molar-refractivity contribution in [1.29, 1.82) is 0 Å². The van der Waals surface area contributed by atoms with Crippen molar-refractivity contribution in [2.75, 3.05) is 0 Å². The van der Waals surface area contributed by atoms with Crippen LogP contribution in [-0.4, -0.2) is 57.3 Å². The fourth-order valence-corrected chi connectivity index (χ4v) is 17.3. The fourth-order valence-electron chi connectivity index (χ4n) is 17.3. The van der Waals surface area contributed by atoms with Crippen LogP contribution in [0.3, 0.4) is 0 Å². The molecule has 10 N–H and O–H groups in total. The number of carbonyl (C=O) groups excluding carboxylic acids is 5. The number of oxime groups is 1. The molecule has 362 valence electrons. The average molecular weight is 933 g/mol. The summed E-state index contributed by atoms with van der Waals surface area (Å²) in [6.45, 7) is 0. The Hall–Kier alpha value is -3.84. The van der Waals surface area contributed by atoms with E-state index < -0.39 is 5.97 Å². The van der Waals surface area contributed by atoms with Crippen LogP contribution in [0.2, 0.25) is 0 Å². The van der Waals surface area contributed by atoms with Crippen LogP contribution < -0.4 is 22.9 Å². The van der Waals surface area contributed by atoms with Crippen LogP contribution in [0.15, 0.2) is 40.1 Å². The molecule has 0 aromatic heterocycles. The number of hydrogen-bond donors (Lipinski definition) is 6. The molecule has 9 saturated carbocycles. The molecule has 14 atom stereocenters. The van der Waals surface area contributed by atoms with E-state index >= 15 is 0 Å². The van der Waals surface area contributed by atoms with Crippen molar-refractivity contribution in [3.05, 3.63) is 34.9 Å². The third-order valence-corrected chi connectivity index (χ3v) is 20.4. The molecular weight excluding hydrogens is 858 g/mol. The van der Waals surface area contributed by atoms with Crippen LogP contribution in [0.4, 0.5) is 0 Å². The van der Waals surface area contributed by atoms with Gasteiger partial charge in [-0.15, -0.1) is 12.4 Å². The molecule has 12 aliphatic carbocycles. The van der Waals surface area contributed by atoms with E-state index in [1.165, 1.54) is 38.5 Å². The second-order valence-electron chi connectivity index (χ2n) is 22.9. The Morgan fingerprint density at radius 1 is 0.591 bits per heavy atom. The van der Waals surface area contributed by atoms with Crippen molar-refractivity contribution >= 4 is 53.4 Å². The van der Waals surface area contributed by atoms with E-state index in [2.05, 4.69) is 5.16 Å². The second-order valence-corrected chi connectivity index (χ2v) is 22.9. The minimum absolute atomic E-state index is 0. The topological polar surface area (TPSA) is 259 Å². The third-order valence-electron chi connectivity index (χ3n) is 20.4. The first-order valence-corrected chi connectivity index (χ1v) is 25.3. The predicted octanol–water partition coefficient (Wildman–Crippen LogP) is 7.39. The lowest BCUT2D eigenvalue weighted by Gasteiger charge is -2.47. The molecule has 0 radical (unpaired) electrons. The first-order valence-electron chi connectivity index (χ1n) is 25.3. The number of aliphatic carboxylic acids is 1. The summed E-state index contributed by atoms with van der Waals surface area (Å²) in [6, 6.07) is 0.341. The zero-order chi connectivity index (χ0) is 46.1. The Balaban J connectivity index is 0.000000119. The molecule has 8 bridgehead atoms. The number of fused-ring (bicyclic) bond motifs is 12. The van der Waals surface area contributed by atoms with Crippen molar-refractivity contribution < 1.29 is 39.1 Å². The Bertz CT molecular complexity index is 2060. The van der Waals surface area contributed by atoms with Crippen LogP contribution in [0.25, 0.3) is 0 Å². The lowest BCUT2D eigenvalue weighted by molar-refractivity contribution is -0.136. The number of ketones is 2. The van der Waals surface area contributed by atoms with Crippen LogP contribution in [-0.2, 0) is 28.8 Å². The van der Waals surface area contributed by atoms with Gasteiger partial charge in [0.25, 0.3) is 0 Å². The molecular formula is C52H74ClN5O8. The standard InChI is InChI=1S/C13H18N2O2.C13H22N2O.C13H17NO2.C13H16O3.ClH/c14-12(16)9-2-1-5-13(7-9)10-4-3-8(6-10)11(13)15-17;14-11-8-3-4-10(6-8)13(11)5-1-2-9(7-13)12(15)16;14-12(16)9-2-1-5-13(7-9)10-4-3-8(6-10)11(13)15;14-11-8-3-4-10(6-8)13(11)5-1-2-9(7-13)12(15)16;/h2,8,10,17H,1,3-7H2,(H2,14,16);8-11H,1-7,14H2,(H2,15,16);2,8,10H,1,3-7H2,(H2,14,16);2,8,10H,1,3-7H2,(H,15,16);1H/b15-11-;;;;/t8-,10+,13?;8-,9?,10+,11-,13?;2*8-,10+,13?;/m1111./s1. The number of allylic oxidation sites excluding steroid dienone is 3. The van der Waals surface area contributed by atoms with Gasteiger partial charge in [-0.3, -0.25) is 24.0 Å². The highest BCUT2D eigenvalue weighted by molar-refractivity contribution is 5.99. The van der Waals surface area contributed by atoms with E-state index in [1.807, 2.05) is 12.2 Å². The number of rotatable bonds is 4. The number of carboxylic acid groups (broad SMARTS) is 1. The van der Waals surface area contributed by atoms with Crippen LogP contribution in [0.5, 0.6) is 0 Å². The van der Waals surface area contributed by atoms with Crippen molar-refractivity contribution in [2.45, 2.75) is 167 Å². The summed E-state index contributed by atoms with van der Waals surface area (Å²) < 4.78 is 0. The van der Waals surface area contributed by atoms with Gasteiger partial charge in [0.2, 0.25) is 17.7 Å². The summed E-state index contributed by atoms with van der Waals surface area (Å²) in [4.78, 5) is 69.6. The maximum absolute atomic E-state index is 12.3. The zero-order valence-corrected chi connectivity index (χ0v) is 39.5. The number of carboxylic acids is 1. The number of halogens is 1. The van der Waals surface area contributed by atoms with E-state index in [4.69, 9.17) is 28.0 Å². The number of amides is 3. The van der Waals surface area contributed by atoms with E-state index in [1.54, 1.807) is 6.08 Å². The van der Waals surface area contributed by atoms with E-state index in [0.717, 1.165) is 126 Å². The van der Waals surface area contributed by atoms with Gasteiger partial charge in [0, 0.05) is 62.7 Å². The quantitative estimate of drug-likeness (QED) is 0.121. The summed E-state index contributed by atoms with van der Waals surface area (Å²) in [5.74, 6) is 3.37. The largest absolute Gasteiger partial charge is 0.478 e. The highest BCUT2D eigenvalue weighted by Crippen LogP contribution is 2.63. The molecule has 4 spiro atoms. The maximum atomic E-state index is 12.3. The van der Waals surface area contributed by atoms with Gasteiger partial charge in [-0.05, 0) is 189 Å². The molecule has 14 heteroatoms. The van der Waals surface area contributed by atoms with Crippen molar-refractivity contribution in [3.63, 3.8) is 0 Å². The molecule has 0 heterocycles.